The molecule has 1 N–H and O–H groups in total. The number of rotatable bonds is 0. The van der Waals surface area contributed by atoms with Gasteiger partial charge in [-0.15, -0.1) is 0 Å². The van der Waals surface area contributed by atoms with Crippen LogP contribution in [0.2, 0.25) is 0 Å². The Balaban J connectivity index is 1.97. The van der Waals surface area contributed by atoms with Gasteiger partial charge in [-0.2, -0.15) is 0 Å². The number of para-hydroxylation sites is 1. The highest BCUT2D eigenvalue weighted by atomic mass is 16.5. The molecule has 0 aromatic heterocycles. The summed E-state index contributed by atoms with van der Waals surface area (Å²) in [7, 11) is 0. The van der Waals surface area contributed by atoms with E-state index in [1.807, 2.05) is 18.2 Å². The van der Waals surface area contributed by atoms with Crippen LogP contribution in [-0.4, -0.2) is 12.5 Å². The van der Waals surface area contributed by atoms with Gasteiger partial charge in [-0.25, -0.2) is 0 Å². The third-order valence-electron chi connectivity index (χ3n) is 4.02. The molecule has 1 aromatic carbocycles. The fraction of sp³-hybridized carbons (Fsp3) is 0.417. The van der Waals surface area contributed by atoms with Crippen molar-refractivity contribution in [2.24, 2.45) is 11.8 Å². The Morgan fingerprint density at radius 1 is 1.40 bits per heavy atom. The molecule has 0 radical (unpaired) electrons. The molecule has 3 fully saturated rings. The Hall–Kier alpha value is -1.35. The number of anilines is 1. The zero-order valence-electron chi connectivity index (χ0n) is 8.19. The van der Waals surface area contributed by atoms with E-state index >= 15 is 0 Å². The van der Waals surface area contributed by atoms with Crippen molar-refractivity contribution in [2.75, 3.05) is 11.9 Å². The Morgan fingerprint density at radius 2 is 2.27 bits per heavy atom. The lowest BCUT2D eigenvalue weighted by Crippen LogP contribution is -2.54. The van der Waals surface area contributed by atoms with Gasteiger partial charge in [0.05, 0.1) is 12.5 Å². The van der Waals surface area contributed by atoms with Crippen LogP contribution in [-0.2, 0) is 15.1 Å². The average molecular weight is 201 g/mol. The van der Waals surface area contributed by atoms with Gasteiger partial charge in [0.2, 0.25) is 5.91 Å². The van der Waals surface area contributed by atoms with E-state index < -0.39 is 0 Å². The number of nitrogens with one attached hydrogen (secondary N) is 1. The summed E-state index contributed by atoms with van der Waals surface area (Å²) in [5.41, 5.74) is 1.83. The standard InChI is InChI=1S/C12H11NO2/c14-11-10-7-5-12(10,15-6-7)8-3-1-2-4-9(8)13-11/h1-4,7,10H,5-6H2,(H,13,14)/t7-,10-,12-/m1/s1. The number of carbonyl (C=O) groups excluding carboxylic acids is 1. The molecule has 5 rings (SSSR count). The third kappa shape index (κ3) is 0.720. The van der Waals surface area contributed by atoms with Crippen LogP contribution in [0.4, 0.5) is 5.69 Å². The molecule has 15 heavy (non-hydrogen) atoms. The van der Waals surface area contributed by atoms with Crippen molar-refractivity contribution in [1.29, 1.82) is 0 Å². The van der Waals surface area contributed by atoms with Crippen molar-refractivity contribution < 1.29 is 9.53 Å². The van der Waals surface area contributed by atoms with Gasteiger partial charge in [0, 0.05) is 17.2 Å². The number of hydrogen-bond acceptors (Lipinski definition) is 2. The molecule has 3 nitrogen and oxygen atoms in total. The SMILES string of the molecule is O=C1Nc2ccccc2[C@@]23C[C@H](CO2)[C@H]13. The van der Waals surface area contributed by atoms with Crippen molar-refractivity contribution in [3.63, 3.8) is 0 Å². The highest BCUT2D eigenvalue weighted by Gasteiger charge is 2.66. The lowest BCUT2D eigenvalue weighted by atomic mass is 9.59. The molecule has 3 heteroatoms. The van der Waals surface area contributed by atoms with E-state index in [1.54, 1.807) is 0 Å². The van der Waals surface area contributed by atoms with Crippen LogP contribution < -0.4 is 5.32 Å². The van der Waals surface area contributed by atoms with Gasteiger partial charge in [0.1, 0.15) is 5.60 Å². The number of fused-ring (bicyclic) bond motifs is 2. The molecule has 0 unspecified atom stereocenters. The summed E-state index contributed by atoms with van der Waals surface area (Å²) in [6, 6.07) is 7.98. The molecule has 76 valence electrons. The Bertz CT molecular complexity index is 466. The van der Waals surface area contributed by atoms with Gasteiger partial charge in [0.15, 0.2) is 0 Å². The van der Waals surface area contributed by atoms with Crippen LogP contribution in [0.1, 0.15) is 12.0 Å². The summed E-state index contributed by atoms with van der Waals surface area (Å²) in [5, 5.41) is 2.97. The topological polar surface area (TPSA) is 38.3 Å². The van der Waals surface area contributed by atoms with E-state index in [0.29, 0.717) is 5.92 Å². The predicted octanol–water partition coefficient (Wildman–Crippen LogP) is 1.50. The lowest BCUT2D eigenvalue weighted by molar-refractivity contribution is -0.138. The maximum absolute atomic E-state index is 11.9. The molecule has 1 saturated carbocycles. The Morgan fingerprint density at radius 3 is 3.13 bits per heavy atom. The van der Waals surface area contributed by atoms with E-state index in [0.717, 1.165) is 18.7 Å². The zero-order chi connectivity index (χ0) is 10.0. The van der Waals surface area contributed by atoms with Gasteiger partial charge in [0.25, 0.3) is 0 Å². The molecule has 1 amide bonds. The summed E-state index contributed by atoms with van der Waals surface area (Å²) in [6.45, 7) is 0.742. The maximum atomic E-state index is 11.9. The third-order valence-corrected chi connectivity index (χ3v) is 4.02. The zero-order valence-corrected chi connectivity index (χ0v) is 8.19. The summed E-state index contributed by atoms with van der Waals surface area (Å²) in [5.74, 6) is 0.646. The fourth-order valence-corrected chi connectivity index (χ4v) is 3.37. The summed E-state index contributed by atoms with van der Waals surface area (Å²) < 4.78 is 5.85. The number of amides is 1. The maximum Gasteiger partial charge on any atom is 0.231 e. The predicted molar refractivity (Wildman–Crippen MR) is 54.3 cm³/mol. The summed E-state index contributed by atoms with van der Waals surface area (Å²) in [4.78, 5) is 11.9. The first-order valence-electron chi connectivity index (χ1n) is 5.36. The van der Waals surface area contributed by atoms with E-state index in [1.165, 1.54) is 5.56 Å². The van der Waals surface area contributed by atoms with Crippen LogP contribution in [0.15, 0.2) is 24.3 Å². The van der Waals surface area contributed by atoms with E-state index in [-0.39, 0.29) is 17.4 Å². The molecule has 2 bridgehead atoms. The molecule has 1 aromatic rings. The second-order valence-electron chi connectivity index (χ2n) is 4.68. The van der Waals surface area contributed by atoms with Crippen molar-refractivity contribution in [1.82, 2.24) is 0 Å². The lowest BCUT2D eigenvalue weighted by Gasteiger charge is -2.47. The van der Waals surface area contributed by atoms with E-state index in [9.17, 15) is 4.79 Å². The van der Waals surface area contributed by atoms with Crippen LogP contribution >= 0.6 is 0 Å². The van der Waals surface area contributed by atoms with Gasteiger partial charge < -0.3 is 10.1 Å². The van der Waals surface area contributed by atoms with Crippen molar-refractivity contribution in [3.8, 4) is 0 Å². The number of carbonyl (C=O) groups is 1. The second kappa shape index (κ2) is 2.25. The summed E-state index contributed by atoms with van der Waals surface area (Å²) in [6.07, 6.45) is 1.02. The van der Waals surface area contributed by atoms with Crippen LogP contribution in [0.25, 0.3) is 0 Å². The van der Waals surface area contributed by atoms with Crippen molar-refractivity contribution in [2.45, 2.75) is 12.0 Å². The normalized spacial score (nSPS) is 40.1. The number of ether oxygens (including phenoxy) is 1. The molecule has 2 saturated heterocycles. The minimum atomic E-state index is -0.274. The Labute approximate surface area is 87.4 Å². The molecule has 3 atom stereocenters. The van der Waals surface area contributed by atoms with Crippen molar-refractivity contribution in [3.05, 3.63) is 29.8 Å². The van der Waals surface area contributed by atoms with E-state index in [4.69, 9.17) is 4.74 Å². The first kappa shape index (κ1) is 7.88. The second-order valence-corrected chi connectivity index (χ2v) is 4.68. The Kier molecular flexibility index (Phi) is 1.18. The molecule has 3 heterocycles. The molecular formula is C12H11NO2. The van der Waals surface area contributed by atoms with Gasteiger partial charge in [-0.1, -0.05) is 18.2 Å². The first-order valence-corrected chi connectivity index (χ1v) is 5.36. The molecule has 4 aliphatic rings. The highest BCUT2D eigenvalue weighted by molar-refractivity contribution is 5.98. The average Bonchev–Trinajstić information content (AvgIpc) is 2.76. The minimum absolute atomic E-state index is 0.0624. The minimum Gasteiger partial charge on any atom is -0.369 e. The molecule has 1 aliphatic carbocycles. The number of benzene rings is 1. The van der Waals surface area contributed by atoms with Gasteiger partial charge in [-0.05, 0) is 12.5 Å². The monoisotopic (exact) mass is 201 g/mol. The smallest absolute Gasteiger partial charge is 0.231 e. The van der Waals surface area contributed by atoms with Crippen molar-refractivity contribution >= 4 is 11.6 Å². The molecule has 3 aliphatic heterocycles. The van der Waals surface area contributed by atoms with Crippen LogP contribution in [0.5, 0.6) is 0 Å². The largest absolute Gasteiger partial charge is 0.369 e. The molecular weight excluding hydrogens is 190 g/mol. The summed E-state index contributed by atoms with van der Waals surface area (Å²) >= 11 is 0. The van der Waals surface area contributed by atoms with Crippen LogP contribution in [0, 0.1) is 11.8 Å². The highest BCUT2D eigenvalue weighted by Crippen LogP contribution is 2.62. The van der Waals surface area contributed by atoms with Gasteiger partial charge in [-0.3, -0.25) is 4.79 Å². The van der Waals surface area contributed by atoms with Crippen LogP contribution in [0.3, 0.4) is 0 Å². The van der Waals surface area contributed by atoms with Gasteiger partial charge >= 0.3 is 0 Å². The number of hydrogen-bond donors (Lipinski definition) is 1. The van der Waals surface area contributed by atoms with E-state index in [2.05, 4.69) is 11.4 Å². The quantitative estimate of drug-likeness (QED) is 0.690. The first-order chi connectivity index (χ1) is 7.31. The molecule has 1 spiro atoms. The fourth-order valence-electron chi connectivity index (χ4n) is 3.37.